The predicted molar refractivity (Wildman–Crippen MR) is 109 cm³/mol. The van der Waals surface area contributed by atoms with Crippen molar-refractivity contribution in [3.05, 3.63) is 15.6 Å². The second-order valence-electron chi connectivity index (χ2n) is 7.35. The maximum absolute atomic E-state index is 5.68. The lowest BCUT2D eigenvalue weighted by Crippen LogP contribution is -2.38. The number of hydrogen-bond acceptors (Lipinski definition) is 4. The fourth-order valence-corrected chi connectivity index (χ4v) is 4.39. The van der Waals surface area contributed by atoms with Gasteiger partial charge in [0.25, 0.3) is 0 Å². The Balaban J connectivity index is 1.30. The normalized spacial score (nSPS) is 17.2. The zero-order chi connectivity index (χ0) is 18.0. The summed E-state index contributed by atoms with van der Waals surface area (Å²) >= 11 is 1.93. The molecule has 6 heteroatoms. The summed E-state index contributed by atoms with van der Waals surface area (Å²) in [5.74, 6) is 1.78. The topological polar surface area (TPSA) is 58.5 Å². The van der Waals surface area contributed by atoms with Crippen LogP contribution in [0.4, 0.5) is 0 Å². The van der Waals surface area contributed by atoms with Gasteiger partial charge in [0.15, 0.2) is 5.96 Å². The third-order valence-electron chi connectivity index (χ3n) is 4.86. The summed E-state index contributed by atoms with van der Waals surface area (Å²) in [6.07, 6.45) is 10.9. The zero-order valence-corrected chi connectivity index (χ0v) is 17.0. The molecule has 1 saturated carbocycles. The first kappa shape index (κ1) is 19.6. The Morgan fingerprint density at radius 1 is 1.23 bits per heavy atom. The van der Waals surface area contributed by atoms with Crippen molar-refractivity contribution in [2.45, 2.75) is 64.7 Å². The second-order valence-corrected chi connectivity index (χ2v) is 8.52. The lowest BCUT2D eigenvalue weighted by molar-refractivity contribution is 0.123. The Hall–Kier alpha value is -1.14. The van der Waals surface area contributed by atoms with Crippen LogP contribution in [0.5, 0.6) is 0 Å². The number of hydrogen-bond donors (Lipinski definition) is 2. The molecule has 0 aromatic carbocycles. The number of nitrogens with one attached hydrogen (secondary N) is 2. The number of fused-ring (bicyclic) bond motifs is 1. The highest BCUT2D eigenvalue weighted by atomic mass is 32.1. The number of ether oxygens (including phenoxy) is 1. The molecule has 1 aromatic heterocycles. The van der Waals surface area contributed by atoms with Gasteiger partial charge >= 0.3 is 0 Å². The fraction of sp³-hybridized carbons (Fsp3) is 0.800. The minimum atomic E-state index is 0.845. The molecule has 0 amide bonds. The van der Waals surface area contributed by atoms with Crippen molar-refractivity contribution in [2.75, 3.05) is 32.8 Å². The van der Waals surface area contributed by atoms with Gasteiger partial charge in [-0.3, -0.25) is 4.99 Å². The first-order chi connectivity index (χ1) is 12.8. The van der Waals surface area contributed by atoms with Gasteiger partial charge in [-0.15, -0.1) is 11.3 Å². The minimum Gasteiger partial charge on any atom is -0.381 e. The van der Waals surface area contributed by atoms with Gasteiger partial charge in [-0.05, 0) is 64.2 Å². The summed E-state index contributed by atoms with van der Waals surface area (Å²) < 4.78 is 5.68. The summed E-state index contributed by atoms with van der Waals surface area (Å²) in [6.45, 7) is 6.55. The van der Waals surface area contributed by atoms with E-state index in [4.69, 9.17) is 14.7 Å². The molecule has 0 unspecified atom stereocenters. The summed E-state index contributed by atoms with van der Waals surface area (Å²) in [5.41, 5.74) is 1.37. The molecule has 5 nitrogen and oxygen atoms in total. The molecule has 1 aromatic rings. The van der Waals surface area contributed by atoms with Crippen molar-refractivity contribution in [3.63, 3.8) is 0 Å². The lowest BCUT2D eigenvalue weighted by atomic mass is 10.0. The van der Waals surface area contributed by atoms with E-state index in [-0.39, 0.29) is 0 Å². The molecule has 2 aliphatic rings. The van der Waals surface area contributed by atoms with E-state index in [2.05, 4.69) is 17.6 Å². The number of aryl methyl sites for hydroxylation is 3. The Bertz CT molecular complexity index is 545. The van der Waals surface area contributed by atoms with Crippen molar-refractivity contribution in [1.29, 1.82) is 0 Å². The van der Waals surface area contributed by atoms with Crippen LogP contribution in [-0.2, 0) is 24.0 Å². The molecule has 0 radical (unpaired) electrons. The van der Waals surface area contributed by atoms with Crippen LogP contribution in [0.3, 0.4) is 0 Å². The average molecular weight is 379 g/mol. The fourth-order valence-electron chi connectivity index (χ4n) is 3.19. The molecule has 2 N–H and O–H groups in total. The third-order valence-corrected chi connectivity index (χ3v) is 6.08. The van der Waals surface area contributed by atoms with E-state index in [1.54, 1.807) is 0 Å². The van der Waals surface area contributed by atoms with Gasteiger partial charge in [0.05, 0.1) is 10.7 Å². The van der Waals surface area contributed by atoms with Crippen LogP contribution in [0.2, 0.25) is 0 Å². The van der Waals surface area contributed by atoms with E-state index in [1.165, 1.54) is 54.1 Å². The van der Waals surface area contributed by atoms with Crippen LogP contribution < -0.4 is 10.6 Å². The standard InChI is InChI=1S/C20H34N4OS/c1-2-21-20(23-13-6-14-25-15-16-10-11-16)22-12-5-9-19-24-17-7-3-4-8-18(17)26-19/h16H,2-15H2,1H3,(H2,21,22,23). The molecule has 0 saturated heterocycles. The predicted octanol–water partition coefficient (Wildman–Crippen LogP) is 3.33. The van der Waals surface area contributed by atoms with Crippen LogP contribution in [0.15, 0.2) is 4.99 Å². The summed E-state index contributed by atoms with van der Waals surface area (Å²) in [7, 11) is 0. The van der Waals surface area contributed by atoms with Crippen LogP contribution in [0, 0.1) is 5.92 Å². The van der Waals surface area contributed by atoms with Crippen LogP contribution in [-0.4, -0.2) is 43.8 Å². The Morgan fingerprint density at radius 3 is 2.92 bits per heavy atom. The van der Waals surface area contributed by atoms with E-state index in [1.807, 2.05) is 11.3 Å². The van der Waals surface area contributed by atoms with E-state index in [0.717, 1.165) is 64.0 Å². The van der Waals surface area contributed by atoms with Crippen molar-refractivity contribution < 1.29 is 4.74 Å². The molecular weight excluding hydrogens is 344 g/mol. The van der Waals surface area contributed by atoms with E-state index in [0.29, 0.717) is 0 Å². The van der Waals surface area contributed by atoms with Crippen LogP contribution in [0.1, 0.15) is 61.0 Å². The van der Waals surface area contributed by atoms with Crippen molar-refractivity contribution in [1.82, 2.24) is 15.6 Å². The molecule has 1 heterocycles. The molecule has 0 aliphatic heterocycles. The average Bonchev–Trinajstić information content (AvgIpc) is 3.38. The highest BCUT2D eigenvalue weighted by Gasteiger charge is 2.20. The number of rotatable bonds is 11. The van der Waals surface area contributed by atoms with Crippen LogP contribution >= 0.6 is 11.3 Å². The van der Waals surface area contributed by atoms with Gasteiger partial charge in [0.2, 0.25) is 0 Å². The summed E-state index contributed by atoms with van der Waals surface area (Å²) in [6, 6.07) is 0. The van der Waals surface area contributed by atoms with Gasteiger partial charge in [-0.1, -0.05) is 0 Å². The molecule has 26 heavy (non-hydrogen) atoms. The Morgan fingerprint density at radius 2 is 2.12 bits per heavy atom. The summed E-state index contributed by atoms with van der Waals surface area (Å²) in [5, 5.41) is 8.04. The third kappa shape index (κ3) is 6.88. The SMILES string of the molecule is CCNC(=NCCCc1nc2c(s1)CCCC2)NCCCOCC1CC1. The first-order valence-corrected chi connectivity index (χ1v) is 11.2. The van der Waals surface area contributed by atoms with E-state index in [9.17, 15) is 0 Å². The number of aliphatic imine (C=N–C) groups is 1. The molecule has 2 aliphatic carbocycles. The van der Waals surface area contributed by atoms with Crippen molar-refractivity contribution >= 4 is 17.3 Å². The minimum absolute atomic E-state index is 0.845. The maximum atomic E-state index is 5.68. The molecular formula is C20H34N4OS. The monoisotopic (exact) mass is 378 g/mol. The maximum Gasteiger partial charge on any atom is 0.191 e. The van der Waals surface area contributed by atoms with Crippen LogP contribution in [0.25, 0.3) is 0 Å². The van der Waals surface area contributed by atoms with Gasteiger partial charge in [0.1, 0.15) is 0 Å². The van der Waals surface area contributed by atoms with E-state index >= 15 is 0 Å². The quantitative estimate of drug-likeness (QED) is 0.352. The molecule has 3 rings (SSSR count). The van der Waals surface area contributed by atoms with Gasteiger partial charge in [-0.2, -0.15) is 0 Å². The Kier molecular flexibility index (Phi) is 8.21. The Labute approximate surface area is 162 Å². The van der Waals surface area contributed by atoms with Gasteiger partial charge < -0.3 is 15.4 Å². The molecule has 0 spiro atoms. The van der Waals surface area contributed by atoms with Gasteiger partial charge in [-0.25, -0.2) is 4.98 Å². The van der Waals surface area contributed by atoms with Gasteiger partial charge in [0, 0.05) is 44.1 Å². The number of aromatic nitrogens is 1. The molecule has 1 fully saturated rings. The number of thiazole rings is 1. The number of nitrogens with zero attached hydrogens (tertiary/aromatic N) is 2. The molecule has 0 atom stereocenters. The number of guanidine groups is 1. The first-order valence-electron chi connectivity index (χ1n) is 10.4. The zero-order valence-electron chi connectivity index (χ0n) is 16.2. The largest absolute Gasteiger partial charge is 0.381 e. The highest BCUT2D eigenvalue weighted by Crippen LogP contribution is 2.28. The van der Waals surface area contributed by atoms with Crippen molar-refractivity contribution in [2.24, 2.45) is 10.9 Å². The highest BCUT2D eigenvalue weighted by molar-refractivity contribution is 7.11. The van der Waals surface area contributed by atoms with E-state index < -0.39 is 0 Å². The molecule has 0 bridgehead atoms. The second kappa shape index (κ2) is 10.9. The smallest absolute Gasteiger partial charge is 0.191 e. The molecule has 146 valence electrons. The lowest BCUT2D eigenvalue weighted by Gasteiger charge is -2.11. The van der Waals surface area contributed by atoms with Crippen molar-refractivity contribution in [3.8, 4) is 0 Å². The summed E-state index contributed by atoms with van der Waals surface area (Å²) in [4.78, 5) is 11.1.